The summed E-state index contributed by atoms with van der Waals surface area (Å²) in [4.78, 5) is 2.42. The number of rotatable bonds is 11. The van der Waals surface area contributed by atoms with E-state index in [0.29, 0.717) is 12.0 Å². The van der Waals surface area contributed by atoms with Gasteiger partial charge in [-0.25, -0.2) is 0 Å². The molecule has 0 spiro atoms. The van der Waals surface area contributed by atoms with Crippen LogP contribution in [0.15, 0.2) is 0 Å². The van der Waals surface area contributed by atoms with E-state index in [9.17, 15) is 0 Å². The molecule has 0 saturated heterocycles. The summed E-state index contributed by atoms with van der Waals surface area (Å²) in [6.07, 6.45) is 3.90. The third-order valence-electron chi connectivity index (χ3n) is 3.03. The van der Waals surface area contributed by atoms with Crippen LogP contribution in [0.3, 0.4) is 0 Å². The average Bonchev–Trinajstić information content (AvgIpc) is 2.27. The van der Waals surface area contributed by atoms with E-state index in [1.165, 1.54) is 25.8 Å². The summed E-state index contributed by atoms with van der Waals surface area (Å²) >= 11 is 0. The first kappa shape index (κ1) is 16.9. The number of hydrogen-bond acceptors (Lipinski definition) is 3. The Balaban J connectivity index is 3.84. The van der Waals surface area contributed by atoms with Gasteiger partial charge in [-0.2, -0.15) is 0 Å². The van der Waals surface area contributed by atoms with Crippen molar-refractivity contribution in [3.05, 3.63) is 0 Å². The molecule has 0 heterocycles. The second-order valence-corrected chi connectivity index (χ2v) is 5.35. The number of likely N-dealkylation sites (N-methyl/N-ethyl adjacent to an activating group) is 1. The highest BCUT2D eigenvalue weighted by Crippen LogP contribution is 2.02. The van der Waals surface area contributed by atoms with Gasteiger partial charge in [0.15, 0.2) is 0 Å². The van der Waals surface area contributed by atoms with Crippen molar-refractivity contribution in [3.8, 4) is 0 Å². The second kappa shape index (κ2) is 11.0. The lowest BCUT2D eigenvalue weighted by atomic mass is 10.2. The molecule has 3 heteroatoms. The predicted octanol–water partition coefficient (Wildman–Crippen LogP) is 2.37. The van der Waals surface area contributed by atoms with Crippen LogP contribution in [-0.4, -0.2) is 51.3 Å². The lowest BCUT2D eigenvalue weighted by molar-refractivity contribution is 0.104. The summed E-state index contributed by atoms with van der Waals surface area (Å²) in [6, 6.07) is 0.496. The van der Waals surface area contributed by atoms with Crippen molar-refractivity contribution in [1.29, 1.82) is 0 Å². The number of nitrogens with one attached hydrogen (secondary N) is 1. The zero-order valence-electron chi connectivity index (χ0n) is 12.5. The molecule has 104 valence electrons. The molecule has 0 aliphatic rings. The summed E-state index contributed by atoms with van der Waals surface area (Å²) in [6.45, 7) is 10.8. The first-order valence-corrected chi connectivity index (χ1v) is 7.01. The smallest absolute Gasteiger partial charge is 0.0630 e. The van der Waals surface area contributed by atoms with Gasteiger partial charge < -0.3 is 10.1 Å². The average molecular weight is 244 g/mol. The maximum absolute atomic E-state index is 5.31. The van der Waals surface area contributed by atoms with E-state index in [1.807, 2.05) is 0 Å². The van der Waals surface area contributed by atoms with Crippen molar-refractivity contribution < 1.29 is 4.74 Å². The van der Waals surface area contributed by atoms with Gasteiger partial charge in [0.05, 0.1) is 6.61 Å². The van der Waals surface area contributed by atoms with Gasteiger partial charge in [-0.1, -0.05) is 33.6 Å². The molecule has 1 unspecified atom stereocenters. The Morgan fingerprint density at radius 3 is 2.41 bits per heavy atom. The largest absolute Gasteiger partial charge is 0.383 e. The van der Waals surface area contributed by atoms with Gasteiger partial charge >= 0.3 is 0 Å². The van der Waals surface area contributed by atoms with Crippen LogP contribution in [0.2, 0.25) is 0 Å². The summed E-state index contributed by atoms with van der Waals surface area (Å²) in [5.41, 5.74) is 0. The fourth-order valence-corrected chi connectivity index (χ4v) is 1.87. The fourth-order valence-electron chi connectivity index (χ4n) is 1.87. The fraction of sp³-hybridized carbons (Fsp3) is 1.00. The second-order valence-electron chi connectivity index (χ2n) is 5.35. The molecular formula is C14H32N2O. The summed E-state index contributed by atoms with van der Waals surface area (Å²) < 4.78 is 5.31. The lowest BCUT2D eigenvalue weighted by Crippen LogP contribution is -2.44. The van der Waals surface area contributed by atoms with E-state index in [-0.39, 0.29) is 0 Å². The maximum Gasteiger partial charge on any atom is 0.0630 e. The van der Waals surface area contributed by atoms with Crippen LogP contribution in [0.1, 0.15) is 40.0 Å². The summed E-state index contributed by atoms with van der Waals surface area (Å²) in [5.74, 6) is 0.712. The van der Waals surface area contributed by atoms with Crippen molar-refractivity contribution in [2.45, 2.75) is 46.1 Å². The van der Waals surface area contributed by atoms with Gasteiger partial charge in [0.25, 0.3) is 0 Å². The van der Waals surface area contributed by atoms with Crippen LogP contribution in [0.5, 0.6) is 0 Å². The van der Waals surface area contributed by atoms with Crippen LogP contribution < -0.4 is 5.32 Å². The molecule has 0 fully saturated rings. The van der Waals surface area contributed by atoms with Crippen LogP contribution in [0.4, 0.5) is 0 Å². The van der Waals surface area contributed by atoms with Gasteiger partial charge in [0.1, 0.15) is 0 Å². The Hall–Kier alpha value is -0.120. The van der Waals surface area contributed by atoms with E-state index < -0.39 is 0 Å². The van der Waals surface area contributed by atoms with E-state index in [4.69, 9.17) is 4.74 Å². The van der Waals surface area contributed by atoms with Crippen molar-refractivity contribution in [3.63, 3.8) is 0 Å². The Labute approximate surface area is 108 Å². The minimum atomic E-state index is 0.496. The topological polar surface area (TPSA) is 24.5 Å². The van der Waals surface area contributed by atoms with Gasteiger partial charge in [-0.15, -0.1) is 0 Å². The number of unbranched alkanes of at least 4 members (excludes halogenated alkanes) is 2. The summed E-state index contributed by atoms with van der Waals surface area (Å²) in [5, 5.41) is 3.52. The molecule has 1 atom stereocenters. The zero-order chi connectivity index (χ0) is 13.1. The molecule has 17 heavy (non-hydrogen) atoms. The van der Waals surface area contributed by atoms with E-state index >= 15 is 0 Å². The predicted molar refractivity (Wildman–Crippen MR) is 75.5 cm³/mol. The normalized spacial score (nSPS) is 13.6. The highest BCUT2D eigenvalue weighted by molar-refractivity contribution is 4.71. The number of ether oxygens (including phenoxy) is 1. The van der Waals surface area contributed by atoms with Crippen molar-refractivity contribution in [2.75, 3.05) is 40.4 Å². The van der Waals surface area contributed by atoms with Crippen molar-refractivity contribution in [2.24, 2.45) is 5.92 Å². The van der Waals surface area contributed by atoms with E-state index in [2.05, 4.69) is 38.0 Å². The standard InChI is InChI=1S/C14H32N2O/c1-6-7-8-9-16(4)14(12-17-5)11-15-10-13(2)3/h13-15H,6-12H2,1-5H3. The molecule has 0 amide bonds. The van der Waals surface area contributed by atoms with Crippen LogP contribution in [0, 0.1) is 5.92 Å². The molecule has 0 bridgehead atoms. The molecule has 0 aliphatic heterocycles. The first-order valence-electron chi connectivity index (χ1n) is 7.01. The molecule has 0 radical (unpaired) electrons. The van der Waals surface area contributed by atoms with E-state index in [1.54, 1.807) is 7.11 Å². The highest BCUT2D eigenvalue weighted by atomic mass is 16.5. The number of methoxy groups -OCH3 is 1. The molecule has 0 aromatic carbocycles. The molecule has 0 saturated carbocycles. The van der Waals surface area contributed by atoms with Gasteiger partial charge in [0, 0.05) is 19.7 Å². The Bertz CT molecular complexity index is 162. The first-order chi connectivity index (χ1) is 8.11. The Kier molecular flexibility index (Phi) is 10.9. The molecule has 0 aromatic heterocycles. The molecule has 0 aromatic rings. The van der Waals surface area contributed by atoms with Crippen molar-refractivity contribution >= 4 is 0 Å². The third-order valence-corrected chi connectivity index (χ3v) is 3.03. The summed E-state index contributed by atoms with van der Waals surface area (Å²) in [7, 11) is 3.99. The minimum Gasteiger partial charge on any atom is -0.383 e. The zero-order valence-corrected chi connectivity index (χ0v) is 12.5. The van der Waals surface area contributed by atoms with Crippen molar-refractivity contribution in [1.82, 2.24) is 10.2 Å². The number of nitrogens with zero attached hydrogens (tertiary/aromatic N) is 1. The molecule has 3 nitrogen and oxygen atoms in total. The van der Waals surface area contributed by atoms with Gasteiger partial charge in [0.2, 0.25) is 0 Å². The Morgan fingerprint density at radius 2 is 1.88 bits per heavy atom. The van der Waals surface area contributed by atoms with E-state index in [0.717, 1.165) is 19.7 Å². The monoisotopic (exact) mass is 244 g/mol. The quantitative estimate of drug-likeness (QED) is 0.565. The van der Waals surface area contributed by atoms with Gasteiger partial charge in [-0.05, 0) is 32.5 Å². The lowest BCUT2D eigenvalue weighted by Gasteiger charge is -2.28. The highest BCUT2D eigenvalue weighted by Gasteiger charge is 2.13. The maximum atomic E-state index is 5.31. The minimum absolute atomic E-state index is 0.496. The SMILES string of the molecule is CCCCCN(C)C(CNCC(C)C)COC. The van der Waals surface area contributed by atoms with Crippen LogP contribution >= 0.6 is 0 Å². The van der Waals surface area contributed by atoms with Crippen LogP contribution in [-0.2, 0) is 4.74 Å². The molecule has 1 N–H and O–H groups in total. The van der Waals surface area contributed by atoms with Crippen LogP contribution in [0.25, 0.3) is 0 Å². The molecular weight excluding hydrogens is 212 g/mol. The Morgan fingerprint density at radius 1 is 1.18 bits per heavy atom. The molecule has 0 rings (SSSR count). The molecule has 0 aliphatic carbocycles. The number of hydrogen-bond donors (Lipinski definition) is 1. The van der Waals surface area contributed by atoms with Gasteiger partial charge in [-0.3, -0.25) is 4.90 Å². The third kappa shape index (κ3) is 9.57.